The molecule has 57 heavy (non-hydrogen) atoms. The molecule has 0 bridgehead atoms. The van der Waals surface area contributed by atoms with Gasteiger partial charge in [0.2, 0.25) is 0 Å². The summed E-state index contributed by atoms with van der Waals surface area (Å²) in [5.41, 5.74) is 15.6. The van der Waals surface area contributed by atoms with Crippen molar-refractivity contribution in [3.05, 3.63) is 217 Å². The van der Waals surface area contributed by atoms with Crippen molar-refractivity contribution in [3.63, 3.8) is 0 Å². The minimum Gasteiger partial charge on any atom is -0.484 e. The van der Waals surface area contributed by atoms with E-state index in [1.54, 1.807) is 0 Å². The predicted molar refractivity (Wildman–Crippen MR) is 237 cm³/mol. The smallest absolute Gasteiger partial charge is 0.135 e. The number of ether oxygens (including phenoxy) is 1. The lowest BCUT2D eigenvalue weighted by Gasteiger charge is -2.23. The van der Waals surface area contributed by atoms with Gasteiger partial charge < -0.3 is 13.9 Å². The van der Waals surface area contributed by atoms with Gasteiger partial charge in [0, 0.05) is 50.0 Å². The minimum absolute atomic E-state index is 0.00786. The van der Waals surface area contributed by atoms with E-state index in [1.807, 2.05) is 0 Å². The first-order valence-electron chi connectivity index (χ1n) is 19.7. The van der Waals surface area contributed by atoms with Crippen molar-refractivity contribution in [1.82, 2.24) is 9.13 Å². The molecule has 10 aromatic rings. The van der Waals surface area contributed by atoms with Crippen LogP contribution in [0.25, 0.3) is 82.8 Å². The third kappa shape index (κ3) is 4.99. The normalized spacial score (nSPS) is 15.9. The predicted octanol–water partition coefficient (Wildman–Crippen LogP) is 13.7. The Bertz CT molecular complexity index is 3270. The topological polar surface area (TPSA) is 19.1 Å². The fraction of sp³-hybridized carbons (Fsp3) is 0.0370. The van der Waals surface area contributed by atoms with E-state index in [0.29, 0.717) is 0 Å². The van der Waals surface area contributed by atoms with Crippen molar-refractivity contribution in [3.8, 4) is 39.4 Å². The van der Waals surface area contributed by atoms with Crippen LogP contribution >= 0.6 is 0 Å². The number of hydrogen-bond acceptors (Lipinski definition) is 1. The maximum atomic E-state index is 6.50. The van der Waals surface area contributed by atoms with Gasteiger partial charge in [-0.15, -0.1) is 0 Å². The van der Waals surface area contributed by atoms with Crippen LogP contribution in [0, 0.1) is 0 Å². The van der Waals surface area contributed by atoms with Crippen LogP contribution in [0.5, 0.6) is 5.75 Å². The first kappa shape index (κ1) is 31.9. The molecular formula is C54H36N2O. The molecule has 8 aromatic carbocycles. The van der Waals surface area contributed by atoms with Crippen molar-refractivity contribution >= 4 is 49.2 Å². The molecule has 0 radical (unpaired) electrons. The lowest BCUT2D eigenvalue weighted by Crippen LogP contribution is -2.21. The highest BCUT2D eigenvalue weighted by Gasteiger charge is 2.36. The number of rotatable bonds is 5. The highest BCUT2D eigenvalue weighted by molar-refractivity contribution is 6.12. The zero-order valence-corrected chi connectivity index (χ0v) is 31.1. The summed E-state index contributed by atoms with van der Waals surface area (Å²) in [6.07, 6.45) is 6.65. The summed E-state index contributed by atoms with van der Waals surface area (Å²) in [7, 11) is 0. The van der Waals surface area contributed by atoms with E-state index in [4.69, 9.17) is 4.74 Å². The first-order chi connectivity index (χ1) is 28.3. The van der Waals surface area contributed by atoms with Gasteiger partial charge in [-0.1, -0.05) is 140 Å². The van der Waals surface area contributed by atoms with Crippen LogP contribution in [0.3, 0.4) is 0 Å². The van der Waals surface area contributed by atoms with Crippen molar-refractivity contribution < 1.29 is 4.74 Å². The zero-order valence-electron chi connectivity index (χ0n) is 31.1. The van der Waals surface area contributed by atoms with Gasteiger partial charge in [-0.3, -0.25) is 0 Å². The van der Waals surface area contributed by atoms with Crippen molar-refractivity contribution in [2.75, 3.05) is 0 Å². The van der Waals surface area contributed by atoms with Crippen molar-refractivity contribution in [2.24, 2.45) is 0 Å². The Morgan fingerprint density at radius 3 is 1.67 bits per heavy atom. The van der Waals surface area contributed by atoms with Crippen LogP contribution in [-0.4, -0.2) is 15.2 Å². The third-order valence-electron chi connectivity index (χ3n) is 12.1. The molecule has 3 heteroatoms. The molecule has 0 N–H and O–H groups in total. The van der Waals surface area contributed by atoms with Gasteiger partial charge in [0.15, 0.2) is 0 Å². The van der Waals surface area contributed by atoms with E-state index in [0.717, 1.165) is 17.1 Å². The van der Waals surface area contributed by atoms with Crippen LogP contribution in [0.1, 0.15) is 17.0 Å². The Kier molecular flexibility index (Phi) is 7.05. The average Bonchev–Trinajstić information content (AvgIpc) is 3.94. The fourth-order valence-electron chi connectivity index (χ4n) is 9.45. The molecule has 3 heterocycles. The number of nitrogens with zero attached hydrogens (tertiary/aromatic N) is 2. The summed E-state index contributed by atoms with van der Waals surface area (Å²) < 4.78 is 11.3. The zero-order chi connectivity index (χ0) is 37.5. The summed E-state index contributed by atoms with van der Waals surface area (Å²) in [6.45, 7) is 0. The van der Waals surface area contributed by atoms with E-state index in [1.165, 1.54) is 82.6 Å². The van der Waals surface area contributed by atoms with E-state index >= 15 is 0 Å². The van der Waals surface area contributed by atoms with Gasteiger partial charge in [-0.2, -0.15) is 0 Å². The summed E-state index contributed by atoms with van der Waals surface area (Å²) in [6, 6.07) is 68.4. The Morgan fingerprint density at radius 1 is 0.386 bits per heavy atom. The average molecular weight is 729 g/mol. The molecule has 0 fully saturated rings. The Morgan fingerprint density at radius 2 is 0.947 bits per heavy atom. The second-order valence-electron chi connectivity index (χ2n) is 15.2. The maximum absolute atomic E-state index is 6.50. The summed E-state index contributed by atoms with van der Waals surface area (Å²) >= 11 is 0. The molecule has 12 rings (SSSR count). The first-order valence-corrected chi connectivity index (χ1v) is 19.7. The van der Waals surface area contributed by atoms with Crippen molar-refractivity contribution in [2.45, 2.75) is 12.0 Å². The maximum Gasteiger partial charge on any atom is 0.135 e. The summed E-state index contributed by atoms with van der Waals surface area (Å²) in [4.78, 5) is 0. The minimum atomic E-state index is -0.00786. The number of allylic oxidation sites excluding steroid dienone is 2. The third-order valence-corrected chi connectivity index (χ3v) is 12.1. The number of fused-ring (bicyclic) bond motifs is 9. The molecule has 0 saturated carbocycles. The fourth-order valence-corrected chi connectivity index (χ4v) is 9.45. The van der Waals surface area contributed by atoms with Crippen LogP contribution < -0.4 is 4.74 Å². The van der Waals surface area contributed by atoms with Crippen LogP contribution in [0.15, 0.2) is 206 Å². The number of aromatic nitrogens is 2. The molecule has 2 aromatic heterocycles. The number of benzene rings is 8. The largest absolute Gasteiger partial charge is 0.484 e. The quantitative estimate of drug-likeness (QED) is 0.173. The van der Waals surface area contributed by atoms with Gasteiger partial charge in [0.25, 0.3) is 0 Å². The van der Waals surface area contributed by atoms with Crippen LogP contribution in [0.4, 0.5) is 0 Å². The Balaban J connectivity index is 0.933. The molecule has 0 spiro atoms. The van der Waals surface area contributed by atoms with Gasteiger partial charge in [-0.25, -0.2) is 0 Å². The molecule has 2 unspecified atom stereocenters. The highest BCUT2D eigenvalue weighted by Crippen LogP contribution is 2.46. The molecule has 0 amide bonds. The molecule has 1 aliphatic heterocycles. The van der Waals surface area contributed by atoms with Gasteiger partial charge in [0.05, 0.1) is 22.1 Å². The Labute approximate surface area is 330 Å². The molecule has 3 nitrogen and oxygen atoms in total. The SMILES string of the molecule is C1=CC2c3ccccc3OC2C(c2ccc(-n3c4ccccc4c4cc(-c5ccc6c(c5)c5ccccc5n6-c5cccc(-c6ccccc6)c5)ccc43)cc2)=C1. The van der Waals surface area contributed by atoms with Crippen LogP contribution in [-0.2, 0) is 0 Å². The lowest BCUT2D eigenvalue weighted by molar-refractivity contribution is 0.278. The lowest BCUT2D eigenvalue weighted by atomic mass is 9.84. The molecule has 268 valence electrons. The molecule has 2 atom stereocenters. The van der Waals surface area contributed by atoms with Crippen molar-refractivity contribution in [1.29, 1.82) is 0 Å². The second-order valence-corrected chi connectivity index (χ2v) is 15.2. The van der Waals surface area contributed by atoms with E-state index in [9.17, 15) is 0 Å². The van der Waals surface area contributed by atoms with Gasteiger partial charge in [0.1, 0.15) is 11.9 Å². The van der Waals surface area contributed by atoms with Crippen LogP contribution in [0.2, 0.25) is 0 Å². The summed E-state index contributed by atoms with van der Waals surface area (Å²) in [5.74, 6) is 1.23. The molecule has 1 aliphatic carbocycles. The van der Waals surface area contributed by atoms with Gasteiger partial charge >= 0.3 is 0 Å². The molecule has 0 saturated heterocycles. The molecule has 2 aliphatic rings. The number of hydrogen-bond donors (Lipinski definition) is 0. The molecular weight excluding hydrogens is 693 g/mol. The summed E-state index contributed by atoms with van der Waals surface area (Å²) in [5, 5.41) is 4.99. The highest BCUT2D eigenvalue weighted by atomic mass is 16.5. The monoisotopic (exact) mass is 728 g/mol. The second kappa shape index (κ2) is 12.6. The van der Waals surface area contributed by atoms with E-state index < -0.39 is 0 Å². The van der Waals surface area contributed by atoms with Gasteiger partial charge in [-0.05, 0) is 94.5 Å². The number of para-hydroxylation sites is 3. The Hall–Kier alpha value is -7.36. The van der Waals surface area contributed by atoms with E-state index in [2.05, 4.69) is 215 Å². The standard InChI is InChI=1S/C54H36N2O/c1-2-12-35(13-3-1)37-14-10-15-41(32-37)56-50-22-8-5-17-44(50)48-34-39(27-31-52(48)56)38-26-30-51-47(33-38)43-16-4-7-21-49(43)55(51)40-28-24-36(25-29-40)42-19-11-20-46-45-18-6-9-23-53(45)57-54(42)46/h1-34,46,54H. The van der Waals surface area contributed by atoms with E-state index in [-0.39, 0.29) is 12.0 Å².